The molecule has 0 spiro atoms. The fourth-order valence-corrected chi connectivity index (χ4v) is 4.97. The van der Waals surface area contributed by atoms with Crippen molar-refractivity contribution in [1.82, 2.24) is 9.88 Å². The number of fused-ring (bicyclic) bond motifs is 4. The minimum atomic E-state index is 0.788. The van der Waals surface area contributed by atoms with Crippen LogP contribution in [-0.2, 0) is 0 Å². The monoisotopic (exact) mass is 488 g/mol. The number of hydrogen-bond donors (Lipinski definition) is 0. The van der Waals surface area contributed by atoms with Gasteiger partial charge in [0.2, 0.25) is 0 Å². The lowest BCUT2D eigenvalue weighted by atomic mass is 10.0. The molecule has 4 rings (SSSR count). The highest BCUT2D eigenvalue weighted by Gasteiger charge is 2.16. The van der Waals surface area contributed by atoms with Gasteiger partial charge in [0.05, 0.1) is 32.5 Å². The third-order valence-electron chi connectivity index (χ3n) is 7.06. The molecular formula is C30H42N5O+. The van der Waals surface area contributed by atoms with Gasteiger partial charge >= 0.3 is 0 Å². The molecule has 6 heteroatoms. The Morgan fingerprint density at radius 1 is 0.917 bits per heavy atom. The summed E-state index contributed by atoms with van der Waals surface area (Å²) in [4.78, 5) is 14.6. The standard InChI is InChI=1S/C30H42N5O/c1-7-34(8-2)23-15-16-26-28(21-23)36-29-22-27(24-13-9-10-14-25(24)30(29)32-26)31-17-11-19-35(5,6)20-12-18-33(3)4/h9-10,13-16,21-22H,7-8,11-12,17-20H2,1-6H3/q+1. The van der Waals surface area contributed by atoms with Crippen LogP contribution in [0.25, 0.3) is 33.3 Å². The van der Waals surface area contributed by atoms with Crippen LogP contribution in [0.2, 0.25) is 0 Å². The Morgan fingerprint density at radius 2 is 1.64 bits per heavy atom. The van der Waals surface area contributed by atoms with Crippen LogP contribution in [0.4, 0.5) is 5.69 Å². The van der Waals surface area contributed by atoms with Crippen molar-refractivity contribution in [2.45, 2.75) is 26.7 Å². The Hall–Kier alpha value is -2.96. The zero-order chi connectivity index (χ0) is 25.7. The van der Waals surface area contributed by atoms with E-state index in [1.54, 1.807) is 0 Å². The van der Waals surface area contributed by atoms with Crippen molar-refractivity contribution < 1.29 is 8.90 Å². The van der Waals surface area contributed by atoms with E-state index in [0.29, 0.717) is 0 Å². The van der Waals surface area contributed by atoms with Crippen LogP contribution in [0.3, 0.4) is 0 Å². The molecule has 0 bridgehead atoms. The molecule has 2 aliphatic rings. The highest BCUT2D eigenvalue weighted by Crippen LogP contribution is 2.31. The average Bonchev–Trinajstić information content (AvgIpc) is 2.86. The zero-order valence-corrected chi connectivity index (χ0v) is 22.9. The first-order chi connectivity index (χ1) is 17.3. The molecule has 0 radical (unpaired) electrons. The molecule has 0 unspecified atom stereocenters. The van der Waals surface area contributed by atoms with Gasteiger partial charge in [-0.1, -0.05) is 24.3 Å². The van der Waals surface area contributed by atoms with E-state index in [1.807, 2.05) is 0 Å². The minimum absolute atomic E-state index is 0.788. The van der Waals surface area contributed by atoms with Crippen molar-refractivity contribution in [2.24, 2.45) is 4.99 Å². The summed E-state index contributed by atoms with van der Waals surface area (Å²) in [7, 11) is 8.93. The van der Waals surface area contributed by atoms with Crippen molar-refractivity contribution in [2.75, 3.05) is 72.4 Å². The molecule has 0 aromatic heterocycles. The van der Waals surface area contributed by atoms with Gasteiger partial charge < -0.3 is 18.7 Å². The minimum Gasteiger partial charge on any atom is -0.453 e. The Labute approximate surface area is 215 Å². The fourth-order valence-electron chi connectivity index (χ4n) is 4.97. The highest BCUT2D eigenvalue weighted by molar-refractivity contribution is 5.96. The predicted octanol–water partition coefficient (Wildman–Crippen LogP) is 5.25. The van der Waals surface area contributed by atoms with E-state index in [2.05, 4.69) is 100 Å². The van der Waals surface area contributed by atoms with E-state index in [1.165, 1.54) is 13.0 Å². The Bertz CT molecular complexity index is 1340. The molecular weight excluding hydrogens is 446 g/mol. The van der Waals surface area contributed by atoms with Gasteiger partial charge in [-0.05, 0) is 40.1 Å². The molecule has 192 valence electrons. The topological polar surface area (TPSA) is 44.9 Å². The summed E-state index contributed by atoms with van der Waals surface area (Å²) in [6, 6.07) is 16.8. The maximum absolute atomic E-state index is 6.44. The Morgan fingerprint density at radius 3 is 2.36 bits per heavy atom. The van der Waals surface area contributed by atoms with Crippen LogP contribution < -0.4 is 10.3 Å². The number of anilines is 1. The van der Waals surface area contributed by atoms with Gasteiger partial charge in [-0.3, -0.25) is 4.99 Å². The van der Waals surface area contributed by atoms with Crippen molar-refractivity contribution >= 4 is 27.6 Å². The van der Waals surface area contributed by atoms with Gasteiger partial charge in [0.25, 0.3) is 0 Å². The summed E-state index contributed by atoms with van der Waals surface area (Å²) >= 11 is 0. The molecule has 1 aliphatic carbocycles. The third kappa shape index (κ3) is 6.05. The second-order valence-corrected chi connectivity index (χ2v) is 10.6. The molecule has 0 saturated heterocycles. The van der Waals surface area contributed by atoms with E-state index >= 15 is 0 Å². The summed E-state index contributed by atoms with van der Waals surface area (Å²) in [5.41, 5.74) is 3.74. The smallest absolute Gasteiger partial charge is 0.155 e. The number of rotatable bonds is 11. The average molecular weight is 489 g/mol. The Balaban J connectivity index is 1.64. The van der Waals surface area contributed by atoms with Crippen molar-refractivity contribution in [3.63, 3.8) is 0 Å². The molecule has 0 amide bonds. The number of nitrogens with zero attached hydrogens (tertiary/aromatic N) is 5. The summed E-state index contributed by atoms with van der Waals surface area (Å²) in [5, 5.41) is 3.21. The normalized spacial score (nSPS) is 12.9. The second kappa shape index (κ2) is 11.4. The van der Waals surface area contributed by atoms with E-state index in [4.69, 9.17) is 14.4 Å². The fraction of sp³-hybridized carbons (Fsp3) is 0.467. The molecule has 0 saturated carbocycles. The van der Waals surface area contributed by atoms with Crippen LogP contribution in [0.1, 0.15) is 26.7 Å². The SMILES string of the molecule is CCN(CC)c1ccc2nc3c4ccccc4c(=NCCC[N+](C)(C)CCCN(C)C)cc-3oc2c1. The van der Waals surface area contributed by atoms with Gasteiger partial charge in [-0.2, -0.15) is 0 Å². The first-order valence-corrected chi connectivity index (χ1v) is 13.3. The maximum Gasteiger partial charge on any atom is 0.155 e. The largest absolute Gasteiger partial charge is 0.453 e. The van der Waals surface area contributed by atoms with E-state index in [0.717, 1.165) is 88.0 Å². The quantitative estimate of drug-likeness (QED) is 0.125. The van der Waals surface area contributed by atoms with Crippen molar-refractivity contribution in [3.05, 3.63) is 53.9 Å². The molecule has 0 atom stereocenters. The number of aromatic nitrogens is 1. The van der Waals surface area contributed by atoms with Crippen molar-refractivity contribution in [1.29, 1.82) is 0 Å². The lowest BCUT2D eigenvalue weighted by Crippen LogP contribution is -2.42. The molecule has 1 aliphatic heterocycles. The Kier molecular flexibility index (Phi) is 8.27. The lowest BCUT2D eigenvalue weighted by Gasteiger charge is -2.30. The number of hydrogen-bond acceptors (Lipinski definition) is 5. The van der Waals surface area contributed by atoms with Crippen LogP contribution in [0.15, 0.2) is 57.9 Å². The van der Waals surface area contributed by atoms with Crippen LogP contribution >= 0.6 is 0 Å². The van der Waals surface area contributed by atoms with E-state index in [9.17, 15) is 0 Å². The van der Waals surface area contributed by atoms with Crippen molar-refractivity contribution in [3.8, 4) is 11.5 Å². The van der Waals surface area contributed by atoms with Crippen LogP contribution in [-0.4, -0.2) is 81.8 Å². The maximum atomic E-state index is 6.44. The number of quaternary nitrogens is 1. The van der Waals surface area contributed by atoms with E-state index < -0.39 is 0 Å². The third-order valence-corrected chi connectivity index (χ3v) is 7.06. The first kappa shape index (κ1) is 26.1. The highest BCUT2D eigenvalue weighted by atomic mass is 16.3. The molecule has 2 aromatic carbocycles. The van der Waals surface area contributed by atoms with Gasteiger partial charge in [0.15, 0.2) is 11.3 Å². The van der Waals surface area contributed by atoms with Gasteiger partial charge in [-0.15, -0.1) is 0 Å². The van der Waals surface area contributed by atoms with Crippen LogP contribution in [0, 0.1) is 0 Å². The first-order valence-electron chi connectivity index (χ1n) is 13.3. The molecule has 0 fully saturated rings. The van der Waals surface area contributed by atoms with Gasteiger partial charge in [0, 0.05) is 67.6 Å². The zero-order valence-electron chi connectivity index (χ0n) is 22.9. The molecule has 0 N–H and O–H groups in total. The molecule has 6 nitrogen and oxygen atoms in total. The molecule has 1 heterocycles. The van der Waals surface area contributed by atoms with Gasteiger partial charge in [0.1, 0.15) is 11.2 Å². The van der Waals surface area contributed by atoms with Crippen LogP contribution in [0.5, 0.6) is 0 Å². The molecule has 2 aromatic rings. The summed E-state index contributed by atoms with van der Waals surface area (Å²) in [6.45, 7) is 10.5. The van der Waals surface area contributed by atoms with Gasteiger partial charge in [-0.25, -0.2) is 4.98 Å². The second-order valence-electron chi connectivity index (χ2n) is 10.6. The molecule has 36 heavy (non-hydrogen) atoms. The predicted molar refractivity (Wildman–Crippen MR) is 152 cm³/mol. The van der Waals surface area contributed by atoms with E-state index in [-0.39, 0.29) is 0 Å². The number of benzene rings is 3. The summed E-state index contributed by atoms with van der Waals surface area (Å²) in [5.74, 6) is 0.788. The lowest BCUT2D eigenvalue weighted by molar-refractivity contribution is -0.890. The summed E-state index contributed by atoms with van der Waals surface area (Å²) in [6.07, 6.45) is 2.27. The summed E-state index contributed by atoms with van der Waals surface area (Å²) < 4.78 is 7.47.